The maximum atomic E-state index is 5.52. The van der Waals surface area contributed by atoms with Crippen molar-refractivity contribution in [1.29, 1.82) is 0 Å². The van der Waals surface area contributed by atoms with E-state index in [9.17, 15) is 0 Å². The quantitative estimate of drug-likeness (QED) is 0.172. The largest absolute Gasteiger partial charge is 0.305 e. The number of hydrogen-bond acceptors (Lipinski definition) is 2. The van der Waals surface area contributed by atoms with Crippen LogP contribution in [0.3, 0.4) is 0 Å². The van der Waals surface area contributed by atoms with Gasteiger partial charge in [0.05, 0.1) is 28.9 Å². The Morgan fingerprint density at radius 1 is 0.426 bits per heavy atom. The average molecular weight is 608 g/mol. The van der Waals surface area contributed by atoms with Crippen LogP contribution in [0.25, 0.3) is 70.4 Å². The Hall–Kier alpha value is -3.98. The Morgan fingerprint density at radius 2 is 0.915 bits per heavy atom. The van der Waals surface area contributed by atoms with E-state index in [-0.39, 0.29) is 0 Å². The van der Waals surface area contributed by atoms with E-state index in [0.717, 1.165) is 23.7 Å². The molecule has 4 saturated carbocycles. The molecule has 0 amide bonds. The molecule has 4 fully saturated rings. The van der Waals surface area contributed by atoms with Gasteiger partial charge in [0.15, 0.2) is 0 Å². The van der Waals surface area contributed by atoms with Crippen LogP contribution in [0.2, 0.25) is 0 Å². The normalized spacial score (nSPS) is 32.3. The van der Waals surface area contributed by atoms with Crippen LogP contribution in [0.1, 0.15) is 110 Å². The van der Waals surface area contributed by atoms with Crippen molar-refractivity contribution in [2.24, 2.45) is 23.7 Å². The Labute approximate surface area is 273 Å². The van der Waals surface area contributed by atoms with Crippen LogP contribution in [0.5, 0.6) is 0 Å². The molecule has 8 aliphatic carbocycles. The van der Waals surface area contributed by atoms with Crippen molar-refractivity contribution in [2.45, 2.75) is 87.9 Å². The van der Waals surface area contributed by atoms with Crippen LogP contribution in [-0.2, 0) is 0 Å². The van der Waals surface area contributed by atoms with Gasteiger partial charge in [-0.15, -0.1) is 0 Å². The minimum absolute atomic E-state index is 0.638. The molecule has 0 radical (unpaired) electrons. The van der Waals surface area contributed by atoms with Gasteiger partial charge < -0.3 is 4.40 Å². The molecule has 47 heavy (non-hydrogen) atoms. The highest BCUT2D eigenvalue weighted by Crippen LogP contribution is 2.62. The van der Waals surface area contributed by atoms with Crippen LogP contribution >= 0.6 is 0 Å². The fourth-order valence-electron chi connectivity index (χ4n) is 14.1. The first-order valence-electron chi connectivity index (χ1n) is 18.9. The smallest absolute Gasteiger partial charge is 0.0728 e. The molecule has 228 valence electrons. The highest BCUT2D eigenvalue weighted by Gasteiger charge is 2.46. The molecule has 8 aliphatic rings. The molecule has 3 nitrogen and oxygen atoms in total. The van der Waals surface area contributed by atoms with Crippen molar-refractivity contribution < 1.29 is 0 Å². The molecule has 3 heteroatoms. The number of benzene rings is 3. The first kappa shape index (κ1) is 24.2. The van der Waals surface area contributed by atoms with Gasteiger partial charge >= 0.3 is 0 Å². The second-order valence-electron chi connectivity index (χ2n) is 17.3. The Morgan fingerprint density at radius 3 is 1.53 bits per heavy atom. The Kier molecular flexibility index (Phi) is 4.03. The van der Waals surface area contributed by atoms with E-state index in [1.54, 1.807) is 21.9 Å². The highest BCUT2D eigenvalue weighted by atomic mass is 14.9. The summed E-state index contributed by atoms with van der Waals surface area (Å²) in [6, 6.07) is 16.5. The molecule has 16 rings (SSSR count). The van der Waals surface area contributed by atoms with E-state index in [0.29, 0.717) is 23.7 Å². The second-order valence-corrected chi connectivity index (χ2v) is 17.3. The van der Waals surface area contributed by atoms with E-state index in [1.165, 1.54) is 135 Å². The lowest BCUT2D eigenvalue weighted by Gasteiger charge is -2.38. The van der Waals surface area contributed by atoms with Crippen molar-refractivity contribution >= 4 is 70.4 Å². The predicted molar refractivity (Wildman–Crippen MR) is 191 cm³/mol. The number of aromatic nitrogens is 3. The van der Waals surface area contributed by atoms with E-state index in [1.807, 2.05) is 0 Å². The van der Waals surface area contributed by atoms with Gasteiger partial charge in [-0.3, -0.25) is 9.97 Å². The number of hydrogen-bond donors (Lipinski definition) is 0. The molecular formula is C44H37N3. The fourth-order valence-corrected chi connectivity index (χ4v) is 14.1. The van der Waals surface area contributed by atoms with Gasteiger partial charge in [-0.2, -0.15) is 0 Å². The van der Waals surface area contributed by atoms with Gasteiger partial charge in [0.25, 0.3) is 0 Å². The van der Waals surface area contributed by atoms with E-state index in [4.69, 9.17) is 9.97 Å². The third-order valence-corrected chi connectivity index (χ3v) is 15.1. The Balaban J connectivity index is 1.27. The lowest BCUT2D eigenvalue weighted by atomic mass is 9.67. The fraction of sp³-hybridized carbons (Fsp3) is 0.409. The molecule has 8 aromatic rings. The Bertz CT molecular complexity index is 2690. The van der Waals surface area contributed by atoms with E-state index >= 15 is 0 Å². The lowest BCUT2D eigenvalue weighted by molar-refractivity contribution is 0.165. The molecule has 4 atom stereocenters. The van der Waals surface area contributed by atoms with Crippen molar-refractivity contribution in [2.75, 3.05) is 0 Å². The molecule has 0 saturated heterocycles. The van der Waals surface area contributed by atoms with Crippen LogP contribution in [0, 0.1) is 23.7 Å². The standard InChI is InChI=1S/C44H37N3/c1-2-5-30-28(4-1)29-6-3-7-31-36(29)37(30)41-40-33(19-46-43-27-16-22-9-23(17-27)13-25(12-22)35(40)43)47-32-18-45-42-26-14-20-8-21(15-26)11-24(10-20)34(42)39(32)38(31)44(41)47/h1-7,18-27H,8-17H2. The zero-order valence-electron chi connectivity index (χ0n) is 26.7. The third kappa shape index (κ3) is 2.66. The molecule has 4 heterocycles. The zero-order valence-corrected chi connectivity index (χ0v) is 26.7. The first-order chi connectivity index (χ1) is 23.3. The number of rotatable bonds is 0. The molecule has 0 N–H and O–H groups in total. The summed E-state index contributed by atoms with van der Waals surface area (Å²) in [7, 11) is 0. The number of pyridine rings is 2. The van der Waals surface area contributed by atoms with Crippen molar-refractivity contribution in [3.05, 3.63) is 77.4 Å². The molecule has 4 aromatic heterocycles. The molecule has 0 aliphatic heterocycles. The third-order valence-electron chi connectivity index (χ3n) is 15.1. The summed E-state index contributed by atoms with van der Waals surface area (Å²) in [5, 5.41) is 14.9. The van der Waals surface area contributed by atoms with Crippen LogP contribution < -0.4 is 0 Å². The van der Waals surface area contributed by atoms with Crippen LogP contribution in [0.4, 0.5) is 0 Å². The maximum Gasteiger partial charge on any atom is 0.0728 e. The summed E-state index contributed by atoms with van der Waals surface area (Å²) >= 11 is 0. The van der Waals surface area contributed by atoms with Crippen molar-refractivity contribution in [3.8, 4) is 0 Å². The van der Waals surface area contributed by atoms with Crippen LogP contribution in [-0.4, -0.2) is 14.4 Å². The van der Waals surface area contributed by atoms with Gasteiger partial charge in [-0.25, -0.2) is 0 Å². The van der Waals surface area contributed by atoms with Crippen LogP contribution in [0.15, 0.2) is 54.9 Å². The molecule has 4 aromatic carbocycles. The molecule has 4 unspecified atom stereocenters. The minimum Gasteiger partial charge on any atom is -0.305 e. The van der Waals surface area contributed by atoms with Gasteiger partial charge in [0.2, 0.25) is 0 Å². The van der Waals surface area contributed by atoms with Gasteiger partial charge in [-0.1, -0.05) is 42.5 Å². The number of nitrogens with zero attached hydrogens (tertiary/aromatic N) is 3. The number of fused-ring (bicyclic) bond motifs is 11. The first-order valence-corrected chi connectivity index (χ1v) is 18.9. The van der Waals surface area contributed by atoms with Crippen molar-refractivity contribution in [1.82, 2.24) is 14.4 Å². The topological polar surface area (TPSA) is 30.2 Å². The summed E-state index contributed by atoms with van der Waals surface area (Å²) in [6.07, 6.45) is 18.4. The average Bonchev–Trinajstić information content (AvgIpc) is 3.63. The summed E-state index contributed by atoms with van der Waals surface area (Å²) in [5.41, 5.74) is 10.4. The summed E-state index contributed by atoms with van der Waals surface area (Å²) in [5.74, 6) is 6.11. The van der Waals surface area contributed by atoms with Gasteiger partial charge in [0, 0.05) is 50.2 Å². The van der Waals surface area contributed by atoms with Gasteiger partial charge in [0.1, 0.15) is 0 Å². The lowest BCUT2D eigenvalue weighted by Crippen LogP contribution is -2.25. The second kappa shape index (κ2) is 7.83. The van der Waals surface area contributed by atoms with E-state index < -0.39 is 0 Å². The SMILES string of the molecule is c1ccc2c(c1)c1cccc3c1c2c1c2c4c(ncc2n2c5cnc6c(c5c3c12)C1CC2CC(CC6C2)C1)C1CC2CC(C1)CC4C2. The van der Waals surface area contributed by atoms with Crippen molar-refractivity contribution in [3.63, 3.8) is 0 Å². The van der Waals surface area contributed by atoms with Gasteiger partial charge in [-0.05, 0) is 138 Å². The molecular weight excluding hydrogens is 571 g/mol. The maximum absolute atomic E-state index is 5.52. The zero-order chi connectivity index (χ0) is 29.9. The minimum atomic E-state index is 0.638. The predicted octanol–water partition coefficient (Wildman–Crippen LogP) is 11.3. The molecule has 8 bridgehead atoms. The monoisotopic (exact) mass is 607 g/mol. The summed E-state index contributed by atoms with van der Waals surface area (Å²) < 4.78 is 2.69. The molecule has 0 spiro atoms. The van der Waals surface area contributed by atoms with E-state index in [2.05, 4.69) is 59.3 Å². The summed E-state index contributed by atoms with van der Waals surface area (Å²) in [4.78, 5) is 11.0. The highest BCUT2D eigenvalue weighted by molar-refractivity contribution is 6.47. The summed E-state index contributed by atoms with van der Waals surface area (Å²) in [6.45, 7) is 0.